The van der Waals surface area contributed by atoms with Crippen molar-refractivity contribution in [2.24, 2.45) is 0 Å². The molecule has 3 nitrogen and oxygen atoms in total. The molecule has 0 amide bonds. The van der Waals surface area contributed by atoms with Crippen LogP contribution < -0.4 is 10.2 Å². The minimum absolute atomic E-state index is 0.771. The molecule has 1 aromatic carbocycles. The first-order valence-electron chi connectivity index (χ1n) is 7.30. The van der Waals surface area contributed by atoms with Crippen molar-refractivity contribution in [2.45, 2.75) is 26.4 Å². The molecular formula is C17H22ClN3. The second kappa shape index (κ2) is 8.01. The Kier molecular flexibility index (Phi) is 6.03. The molecule has 2 rings (SSSR count). The van der Waals surface area contributed by atoms with Crippen molar-refractivity contribution in [3.05, 3.63) is 58.9 Å². The molecule has 0 saturated heterocycles. The molecule has 1 heterocycles. The minimum atomic E-state index is 0.771. The fourth-order valence-electron chi connectivity index (χ4n) is 2.26. The number of hydrogen-bond donors (Lipinski definition) is 1. The second-order valence-corrected chi connectivity index (χ2v) is 5.60. The van der Waals surface area contributed by atoms with Gasteiger partial charge in [0.15, 0.2) is 0 Å². The van der Waals surface area contributed by atoms with Crippen LogP contribution in [0.2, 0.25) is 5.02 Å². The summed E-state index contributed by atoms with van der Waals surface area (Å²) in [5.74, 6) is 0. The third-order valence-electron chi connectivity index (χ3n) is 3.37. The first-order valence-corrected chi connectivity index (χ1v) is 7.67. The molecule has 0 aliphatic heterocycles. The zero-order valence-corrected chi connectivity index (χ0v) is 13.4. The molecule has 1 N–H and O–H groups in total. The fraction of sp³-hybridized carbons (Fsp3) is 0.353. The molecule has 4 heteroatoms. The first kappa shape index (κ1) is 15.8. The number of nitrogens with zero attached hydrogens (tertiary/aromatic N) is 2. The molecule has 0 spiro atoms. The average Bonchev–Trinajstić information content (AvgIpc) is 2.50. The maximum atomic E-state index is 5.93. The van der Waals surface area contributed by atoms with Gasteiger partial charge in [-0.2, -0.15) is 0 Å². The number of anilines is 1. The smallest absolute Gasteiger partial charge is 0.0598 e. The lowest BCUT2D eigenvalue weighted by Crippen LogP contribution is -2.21. The van der Waals surface area contributed by atoms with E-state index in [-0.39, 0.29) is 0 Å². The molecule has 1 aromatic heterocycles. The number of benzene rings is 1. The van der Waals surface area contributed by atoms with E-state index >= 15 is 0 Å². The number of nitrogens with one attached hydrogen (secondary N) is 1. The van der Waals surface area contributed by atoms with Crippen LogP contribution in [-0.4, -0.2) is 18.6 Å². The van der Waals surface area contributed by atoms with Gasteiger partial charge in [-0.1, -0.05) is 30.7 Å². The van der Waals surface area contributed by atoms with Crippen molar-refractivity contribution in [3.63, 3.8) is 0 Å². The quantitative estimate of drug-likeness (QED) is 0.787. The summed E-state index contributed by atoms with van der Waals surface area (Å²) in [5.41, 5.74) is 3.67. The summed E-state index contributed by atoms with van der Waals surface area (Å²) >= 11 is 5.93. The summed E-state index contributed by atoms with van der Waals surface area (Å²) in [6.07, 6.45) is 4.92. The van der Waals surface area contributed by atoms with Gasteiger partial charge in [-0.3, -0.25) is 4.98 Å². The van der Waals surface area contributed by atoms with Crippen LogP contribution >= 0.6 is 11.6 Å². The van der Waals surface area contributed by atoms with Crippen LogP contribution in [-0.2, 0) is 13.1 Å². The predicted molar refractivity (Wildman–Crippen MR) is 89.8 cm³/mol. The van der Waals surface area contributed by atoms with Crippen LogP contribution in [0.4, 0.5) is 5.69 Å². The van der Waals surface area contributed by atoms with E-state index in [1.165, 1.54) is 11.1 Å². The highest BCUT2D eigenvalue weighted by Crippen LogP contribution is 2.20. The van der Waals surface area contributed by atoms with E-state index in [1.807, 2.05) is 24.5 Å². The molecule has 0 atom stereocenters. The Morgan fingerprint density at radius 2 is 1.95 bits per heavy atom. The molecule has 112 valence electrons. The van der Waals surface area contributed by atoms with Crippen LogP contribution in [0.3, 0.4) is 0 Å². The van der Waals surface area contributed by atoms with Gasteiger partial charge in [0.2, 0.25) is 0 Å². The van der Waals surface area contributed by atoms with Crippen LogP contribution in [0.25, 0.3) is 0 Å². The fourth-order valence-corrected chi connectivity index (χ4v) is 2.38. The van der Waals surface area contributed by atoms with Crippen LogP contribution in [0.1, 0.15) is 24.5 Å². The molecule has 0 bridgehead atoms. The molecule has 0 radical (unpaired) electrons. The van der Waals surface area contributed by atoms with Gasteiger partial charge in [-0.05, 0) is 42.3 Å². The van der Waals surface area contributed by atoms with Crippen molar-refractivity contribution in [1.82, 2.24) is 10.3 Å². The van der Waals surface area contributed by atoms with Gasteiger partial charge in [-0.15, -0.1) is 0 Å². The Labute approximate surface area is 132 Å². The van der Waals surface area contributed by atoms with E-state index in [4.69, 9.17) is 11.6 Å². The molecule has 0 unspecified atom stereocenters. The number of rotatable bonds is 7. The summed E-state index contributed by atoms with van der Waals surface area (Å²) in [4.78, 5) is 6.48. The van der Waals surface area contributed by atoms with Gasteiger partial charge in [-0.25, -0.2) is 0 Å². The molecule has 0 saturated carbocycles. The van der Waals surface area contributed by atoms with E-state index in [0.29, 0.717) is 0 Å². The van der Waals surface area contributed by atoms with Gasteiger partial charge in [0, 0.05) is 31.4 Å². The third-order valence-corrected chi connectivity index (χ3v) is 3.63. The Bertz CT molecular complexity index is 554. The van der Waals surface area contributed by atoms with Crippen molar-refractivity contribution >= 4 is 17.3 Å². The van der Waals surface area contributed by atoms with Gasteiger partial charge >= 0.3 is 0 Å². The molecule has 0 aliphatic carbocycles. The Morgan fingerprint density at radius 1 is 1.19 bits per heavy atom. The summed E-state index contributed by atoms with van der Waals surface area (Å²) in [6.45, 7) is 4.91. The van der Waals surface area contributed by atoms with Crippen molar-refractivity contribution < 1.29 is 0 Å². The predicted octanol–water partition coefficient (Wildman–Crippen LogP) is 3.87. The lowest BCUT2D eigenvalue weighted by Gasteiger charge is -2.22. The average molecular weight is 304 g/mol. The molecule has 0 fully saturated rings. The number of hydrogen-bond acceptors (Lipinski definition) is 3. The van der Waals surface area contributed by atoms with Gasteiger partial charge in [0.1, 0.15) is 0 Å². The van der Waals surface area contributed by atoms with Crippen LogP contribution in [0.5, 0.6) is 0 Å². The minimum Gasteiger partial charge on any atom is -0.369 e. The highest BCUT2D eigenvalue weighted by Gasteiger charge is 2.08. The third kappa shape index (κ3) is 4.73. The second-order valence-electron chi connectivity index (χ2n) is 5.16. The monoisotopic (exact) mass is 303 g/mol. The lowest BCUT2D eigenvalue weighted by molar-refractivity contribution is 0.673. The SMILES string of the molecule is CCCNCc1ccncc1N(C)Cc1ccc(Cl)cc1. The van der Waals surface area contributed by atoms with Crippen molar-refractivity contribution in [2.75, 3.05) is 18.5 Å². The first-order chi connectivity index (χ1) is 10.2. The Hall–Kier alpha value is -1.58. The zero-order valence-electron chi connectivity index (χ0n) is 12.6. The number of pyridine rings is 1. The maximum Gasteiger partial charge on any atom is 0.0598 e. The highest BCUT2D eigenvalue weighted by atomic mass is 35.5. The van der Waals surface area contributed by atoms with Gasteiger partial charge in [0.25, 0.3) is 0 Å². The molecule has 2 aromatic rings. The van der Waals surface area contributed by atoms with Crippen molar-refractivity contribution in [3.8, 4) is 0 Å². The van der Waals surface area contributed by atoms with E-state index in [0.717, 1.165) is 36.8 Å². The summed E-state index contributed by atoms with van der Waals surface area (Å²) < 4.78 is 0. The molecule has 21 heavy (non-hydrogen) atoms. The standard InChI is InChI=1S/C17H22ClN3/c1-3-9-19-11-15-8-10-20-12-17(15)21(2)13-14-4-6-16(18)7-5-14/h4-8,10,12,19H,3,9,11,13H2,1-2H3. The van der Waals surface area contributed by atoms with E-state index in [1.54, 1.807) is 0 Å². The Balaban J connectivity index is 2.07. The summed E-state index contributed by atoms with van der Waals surface area (Å²) in [5, 5.41) is 4.22. The zero-order chi connectivity index (χ0) is 15.1. The van der Waals surface area contributed by atoms with Crippen LogP contribution in [0.15, 0.2) is 42.7 Å². The summed E-state index contributed by atoms with van der Waals surface area (Å²) in [7, 11) is 2.09. The normalized spacial score (nSPS) is 10.6. The van der Waals surface area contributed by atoms with Gasteiger partial charge < -0.3 is 10.2 Å². The topological polar surface area (TPSA) is 28.2 Å². The Morgan fingerprint density at radius 3 is 2.67 bits per heavy atom. The van der Waals surface area contributed by atoms with Crippen molar-refractivity contribution in [1.29, 1.82) is 0 Å². The lowest BCUT2D eigenvalue weighted by atomic mass is 10.1. The largest absolute Gasteiger partial charge is 0.369 e. The van der Waals surface area contributed by atoms with E-state index < -0.39 is 0 Å². The highest BCUT2D eigenvalue weighted by molar-refractivity contribution is 6.30. The summed E-state index contributed by atoms with van der Waals surface area (Å²) in [6, 6.07) is 10.1. The van der Waals surface area contributed by atoms with Crippen LogP contribution in [0, 0.1) is 0 Å². The number of halogens is 1. The molecular weight excluding hydrogens is 282 g/mol. The number of aromatic nitrogens is 1. The van der Waals surface area contributed by atoms with E-state index in [9.17, 15) is 0 Å². The maximum absolute atomic E-state index is 5.93. The van der Waals surface area contributed by atoms with E-state index in [2.05, 4.69) is 47.4 Å². The van der Waals surface area contributed by atoms with Gasteiger partial charge in [0.05, 0.1) is 11.9 Å². The molecule has 0 aliphatic rings.